The van der Waals surface area contributed by atoms with E-state index in [1.165, 1.54) is 0 Å². The van der Waals surface area contributed by atoms with E-state index >= 15 is 0 Å². The predicted octanol–water partition coefficient (Wildman–Crippen LogP) is 2.58. The summed E-state index contributed by atoms with van der Waals surface area (Å²) in [5, 5.41) is 4.29. The number of aryl methyl sites for hydroxylation is 1. The number of fused-ring (bicyclic) bond motifs is 1. The third-order valence-corrected chi connectivity index (χ3v) is 5.09. The Morgan fingerprint density at radius 2 is 1.85 bits per heavy atom. The van der Waals surface area contributed by atoms with Gasteiger partial charge in [-0.2, -0.15) is 0 Å². The Morgan fingerprint density at radius 3 is 2.58 bits per heavy atom. The Balaban J connectivity index is 1.50. The Kier molecular flexibility index (Phi) is 4.24. The van der Waals surface area contributed by atoms with E-state index in [1.807, 2.05) is 72.2 Å². The smallest absolute Gasteiger partial charge is 0.270 e. The van der Waals surface area contributed by atoms with Gasteiger partial charge in [-0.3, -0.25) is 4.79 Å². The van der Waals surface area contributed by atoms with Crippen molar-refractivity contribution in [2.75, 3.05) is 43.4 Å². The molecule has 6 heteroatoms. The number of rotatable bonds is 3. The summed E-state index contributed by atoms with van der Waals surface area (Å²) in [6, 6.07) is 14.0. The standard InChI is InChI=1S/C20H23N5O/c1-21-16-7-5-9-22-19(16)24-10-12-25(13-11-24)20(26)18-14-15-6-3-4-8-17(15)23(18)2/h3-9,14,21H,10-13H2,1-2H3. The molecule has 1 saturated heterocycles. The van der Waals surface area contributed by atoms with Crippen molar-refractivity contribution in [3.8, 4) is 0 Å². The van der Waals surface area contributed by atoms with E-state index in [2.05, 4.69) is 15.2 Å². The average molecular weight is 349 g/mol. The molecule has 0 bridgehead atoms. The Bertz CT molecular complexity index is 940. The summed E-state index contributed by atoms with van der Waals surface area (Å²) >= 11 is 0. The van der Waals surface area contributed by atoms with Crippen molar-refractivity contribution in [2.45, 2.75) is 0 Å². The molecule has 1 aromatic carbocycles. The lowest BCUT2D eigenvalue weighted by molar-refractivity contribution is 0.0737. The maximum atomic E-state index is 13.0. The van der Waals surface area contributed by atoms with Gasteiger partial charge in [-0.1, -0.05) is 18.2 Å². The molecule has 1 aliphatic heterocycles. The number of piperazine rings is 1. The lowest BCUT2D eigenvalue weighted by atomic mass is 10.2. The van der Waals surface area contributed by atoms with E-state index in [-0.39, 0.29) is 5.91 Å². The zero-order valence-corrected chi connectivity index (χ0v) is 15.1. The highest BCUT2D eigenvalue weighted by molar-refractivity contribution is 5.98. The number of carbonyl (C=O) groups is 1. The number of carbonyl (C=O) groups excluding carboxylic acids is 1. The normalized spacial score (nSPS) is 14.7. The maximum absolute atomic E-state index is 13.0. The molecule has 2 aromatic heterocycles. The van der Waals surface area contributed by atoms with Gasteiger partial charge in [0, 0.05) is 57.4 Å². The van der Waals surface area contributed by atoms with Gasteiger partial charge in [-0.25, -0.2) is 4.98 Å². The van der Waals surface area contributed by atoms with Crippen LogP contribution in [0.15, 0.2) is 48.7 Å². The molecule has 0 unspecified atom stereocenters. The molecule has 0 atom stereocenters. The van der Waals surface area contributed by atoms with Crippen LogP contribution in [-0.2, 0) is 7.05 Å². The van der Waals surface area contributed by atoms with Crippen molar-refractivity contribution in [2.24, 2.45) is 7.05 Å². The molecule has 134 valence electrons. The van der Waals surface area contributed by atoms with Crippen LogP contribution >= 0.6 is 0 Å². The summed E-state index contributed by atoms with van der Waals surface area (Å²) in [7, 11) is 3.86. The van der Waals surface area contributed by atoms with Gasteiger partial charge in [0.05, 0.1) is 5.69 Å². The van der Waals surface area contributed by atoms with Gasteiger partial charge in [0.15, 0.2) is 5.82 Å². The van der Waals surface area contributed by atoms with Crippen LogP contribution in [0.1, 0.15) is 10.5 Å². The minimum absolute atomic E-state index is 0.0956. The van der Waals surface area contributed by atoms with Crippen LogP contribution in [-0.4, -0.2) is 53.6 Å². The number of hydrogen-bond donors (Lipinski definition) is 1. The predicted molar refractivity (Wildman–Crippen MR) is 105 cm³/mol. The SMILES string of the molecule is CNc1cccnc1N1CCN(C(=O)c2cc3ccccc3n2C)CC1. The monoisotopic (exact) mass is 349 g/mol. The van der Waals surface area contributed by atoms with Crippen LogP contribution in [0.25, 0.3) is 10.9 Å². The second-order valence-electron chi connectivity index (χ2n) is 6.55. The third kappa shape index (κ3) is 2.77. The molecule has 0 radical (unpaired) electrons. The number of aromatic nitrogens is 2. The zero-order valence-electron chi connectivity index (χ0n) is 15.1. The topological polar surface area (TPSA) is 53.4 Å². The van der Waals surface area contributed by atoms with E-state index in [0.29, 0.717) is 13.1 Å². The summed E-state index contributed by atoms with van der Waals surface area (Å²) in [6.07, 6.45) is 1.81. The van der Waals surface area contributed by atoms with Gasteiger partial charge >= 0.3 is 0 Å². The maximum Gasteiger partial charge on any atom is 0.270 e. The molecule has 0 saturated carbocycles. The zero-order chi connectivity index (χ0) is 18.1. The first kappa shape index (κ1) is 16.4. The number of hydrogen-bond acceptors (Lipinski definition) is 4. The molecule has 26 heavy (non-hydrogen) atoms. The molecule has 0 spiro atoms. The van der Waals surface area contributed by atoms with Crippen LogP contribution in [0.3, 0.4) is 0 Å². The van der Waals surface area contributed by atoms with E-state index < -0.39 is 0 Å². The van der Waals surface area contributed by atoms with Gasteiger partial charge in [-0.05, 0) is 24.3 Å². The minimum atomic E-state index is 0.0956. The Hall–Kier alpha value is -3.02. The van der Waals surface area contributed by atoms with Crippen LogP contribution in [0, 0.1) is 0 Å². The number of amides is 1. The molecular weight excluding hydrogens is 326 g/mol. The number of benzene rings is 1. The summed E-state index contributed by atoms with van der Waals surface area (Å²) in [6.45, 7) is 2.95. The first-order chi connectivity index (χ1) is 12.7. The third-order valence-electron chi connectivity index (χ3n) is 5.09. The van der Waals surface area contributed by atoms with E-state index in [4.69, 9.17) is 0 Å². The van der Waals surface area contributed by atoms with Gasteiger partial charge < -0.3 is 19.7 Å². The molecule has 6 nitrogen and oxygen atoms in total. The van der Waals surface area contributed by atoms with E-state index in [9.17, 15) is 4.79 Å². The fourth-order valence-electron chi connectivity index (χ4n) is 3.62. The van der Waals surface area contributed by atoms with Crippen LogP contribution in [0.4, 0.5) is 11.5 Å². The van der Waals surface area contributed by atoms with Gasteiger partial charge in [0.25, 0.3) is 5.91 Å². The Morgan fingerprint density at radius 1 is 1.08 bits per heavy atom. The van der Waals surface area contributed by atoms with Crippen molar-refractivity contribution in [1.82, 2.24) is 14.5 Å². The number of anilines is 2. The number of nitrogens with zero attached hydrogens (tertiary/aromatic N) is 4. The molecule has 1 amide bonds. The molecular formula is C20H23N5O. The van der Waals surface area contributed by atoms with Gasteiger partial charge in [0.2, 0.25) is 0 Å². The van der Waals surface area contributed by atoms with Crippen LogP contribution in [0.5, 0.6) is 0 Å². The van der Waals surface area contributed by atoms with Crippen molar-refractivity contribution >= 4 is 28.3 Å². The van der Waals surface area contributed by atoms with Crippen LogP contribution < -0.4 is 10.2 Å². The molecule has 1 N–H and O–H groups in total. The lowest BCUT2D eigenvalue weighted by Crippen LogP contribution is -2.49. The number of nitrogens with one attached hydrogen (secondary N) is 1. The van der Waals surface area contributed by atoms with Crippen molar-refractivity contribution < 1.29 is 4.79 Å². The molecule has 4 rings (SSSR count). The Labute approximate surface area is 153 Å². The second kappa shape index (κ2) is 6.71. The number of para-hydroxylation sites is 1. The summed E-state index contributed by atoms with van der Waals surface area (Å²) in [5.41, 5.74) is 2.84. The second-order valence-corrected chi connectivity index (χ2v) is 6.55. The average Bonchev–Trinajstić information content (AvgIpc) is 3.04. The summed E-state index contributed by atoms with van der Waals surface area (Å²) < 4.78 is 1.99. The highest BCUT2D eigenvalue weighted by atomic mass is 16.2. The van der Waals surface area contributed by atoms with Crippen LogP contribution in [0.2, 0.25) is 0 Å². The largest absolute Gasteiger partial charge is 0.385 e. The first-order valence-electron chi connectivity index (χ1n) is 8.90. The van der Waals surface area contributed by atoms with Gasteiger partial charge in [0.1, 0.15) is 5.69 Å². The van der Waals surface area contributed by atoms with E-state index in [1.54, 1.807) is 0 Å². The molecule has 0 aliphatic carbocycles. The highest BCUT2D eigenvalue weighted by Gasteiger charge is 2.25. The quantitative estimate of drug-likeness (QED) is 0.790. The highest BCUT2D eigenvalue weighted by Crippen LogP contribution is 2.24. The summed E-state index contributed by atoms with van der Waals surface area (Å²) in [5.74, 6) is 1.05. The molecule has 1 fully saturated rings. The fraction of sp³-hybridized carbons (Fsp3) is 0.300. The molecule has 1 aliphatic rings. The first-order valence-corrected chi connectivity index (χ1v) is 8.90. The summed E-state index contributed by atoms with van der Waals surface area (Å²) in [4.78, 5) is 21.7. The van der Waals surface area contributed by atoms with Crippen molar-refractivity contribution in [1.29, 1.82) is 0 Å². The fourth-order valence-corrected chi connectivity index (χ4v) is 3.62. The van der Waals surface area contributed by atoms with E-state index in [0.717, 1.165) is 41.2 Å². The van der Waals surface area contributed by atoms with Crippen molar-refractivity contribution in [3.63, 3.8) is 0 Å². The minimum Gasteiger partial charge on any atom is -0.385 e. The van der Waals surface area contributed by atoms with Gasteiger partial charge in [-0.15, -0.1) is 0 Å². The molecule has 3 heterocycles. The van der Waals surface area contributed by atoms with Crippen molar-refractivity contribution in [3.05, 3.63) is 54.4 Å². The lowest BCUT2D eigenvalue weighted by Gasteiger charge is -2.36. The molecule has 3 aromatic rings. The number of pyridine rings is 1.